The first kappa shape index (κ1) is 14.4. The standard InChI is InChI=1S/C14H18N2O4S/c1-3-9-11(7(2)20-15-9)12(17)16-10(14(18)19)6-21-13(16)8-4-5-8/h8,10,13H,3-6H2,1-2H3,(H,18,19). The zero-order valence-electron chi connectivity index (χ0n) is 12.0. The van der Waals surface area contributed by atoms with Gasteiger partial charge in [-0.2, -0.15) is 0 Å². The van der Waals surface area contributed by atoms with E-state index in [2.05, 4.69) is 5.16 Å². The number of carboxylic acid groups (broad SMARTS) is 1. The zero-order valence-corrected chi connectivity index (χ0v) is 12.9. The van der Waals surface area contributed by atoms with E-state index in [0.717, 1.165) is 12.8 Å². The van der Waals surface area contributed by atoms with E-state index >= 15 is 0 Å². The number of carbonyl (C=O) groups is 2. The van der Waals surface area contributed by atoms with Gasteiger partial charge in [0, 0.05) is 5.75 Å². The molecule has 1 saturated carbocycles. The molecule has 1 aromatic rings. The predicted octanol–water partition coefficient (Wildman–Crippen LogP) is 1.92. The fourth-order valence-electron chi connectivity index (χ4n) is 2.78. The molecule has 6 nitrogen and oxygen atoms in total. The molecule has 1 aliphatic carbocycles. The molecule has 1 N–H and O–H groups in total. The molecule has 2 unspecified atom stereocenters. The topological polar surface area (TPSA) is 83.6 Å². The van der Waals surface area contributed by atoms with Gasteiger partial charge in [-0.05, 0) is 32.1 Å². The lowest BCUT2D eigenvalue weighted by Gasteiger charge is -2.27. The monoisotopic (exact) mass is 310 g/mol. The highest BCUT2D eigenvalue weighted by molar-refractivity contribution is 8.00. The van der Waals surface area contributed by atoms with Crippen LogP contribution in [0.25, 0.3) is 0 Å². The Morgan fingerprint density at radius 2 is 2.19 bits per heavy atom. The van der Waals surface area contributed by atoms with Crippen molar-refractivity contribution < 1.29 is 19.2 Å². The van der Waals surface area contributed by atoms with Crippen molar-refractivity contribution >= 4 is 23.6 Å². The number of amides is 1. The van der Waals surface area contributed by atoms with Gasteiger partial charge in [0.05, 0.1) is 11.1 Å². The Bertz CT molecular complexity index is 582. The summed E-state index contributed by atoms with van der Waals surface area (Å²) in [6.45, 7) is 3.60. The van der Waals surface area contributed by atoms with Crippen LogP contribution in [-0.4, -0.2) is 44.2 Å². The summed E-state index contributed by atoms with van der Waals surface area (Å²) < 4.78 is 5.12. The lowest BCUT2D eigenvalue weighted by Crippen LogP contribution is -2.46. The van der Waals surface area contributed by atoms with Gasteiger partial charge in [-0.3, -0.25) is 4.79 Å². The molecule has 2 atom stereocenters. The predicted molar refractivity (Wildman–Crippen MR) is 77.2 cm³/mol. The molecule has 1 amide bonds. The van der Waals surface area contributed by atoms with Crippen LogP contribution in [0.1, 0.15) is 41.6 Å². The van der Waals surface area contributed by atoms with Gasteiger partial charge in [0.2, 0.25) is 0 Å². The van der Waals surface area contributed by atoms with E-state index in [1.807, 2.05) is 6.92 Å². The van der Waals surface area contributed by atoms with Crippen molar-refractivity contribution in [1.82, 2.24) is 10.1 Å². The summed E-state index contributed by atoms with van der Waals surface area (Å²) >= 11 is 1.58. The minimum absolute atomic E-state index is 0.0300. The Balaban J connectivity index is 1.95. The Labute approximate surface area is 126 Å². The Kier molecular flexibility index (Phi) is 3.69. The van der Waals surface area contributed by atoms with Crippen LogP contribution in [0.2, 0.25) is 0 Å². The number of hydrogen-bond acceptors (Lipinski definition) is 5. The molecule has 0 spiro atoms. The molecule has 2 fully saturated rings. The summed E-state index contributed by atoms with van der Waals surface area (Å²) in [7, 11) is 0. The fourth-order valence-corrected chi connectivity index (χ4v) is 4.41. The summed E-state index contributed by atoms with van der Waals surface area (Å²) in [5, 5.41) is 13.3. The van der Waals surface area contributed by atoms with E-state index in [-0.39, 0.29) is 11.3 Å². The zero-order chi connectivity index (χ0) is 15.1. The van der Waals surface area contributed by atoms with E-state index < -0.39 is 12.0 Å². The number of aromatic nitrogens is 1. The van der Waals surface area contributed by atoms with Crippen LogP contribution in [-0.2, 0) is 11.2 Å². The van der Waals surface area contributed by atoms with Crippen LogP contribution in [0, 0.1) is 12.8 Å². The number of aliphatic carboxylic acids is 1. The summed E-state index contributed by atoms with van der Waals surface area (Å²) in [4.78, 5) is 25.9. The van der Waals surface area contributed by atoms with E-state index in [4.69, 9.17) is 4.52 Å². The second-order valence-corrected chi connectivity index (χ2v) is 6.69. The molecule has 1 aliphatic heterocycles. The molecule has 114 valence electrons. The van der Waals surface area contributed by atoms with E-state index in [0.29, 0.717) is 35.1 Å². The van der Waals surface area contributed by atoms with Crippen molar-refractivity contribution in [2.45, 2.75) is 44.5 Å². The van der Waals surface area contributed by atoms with Crippen LogP contribution >= 0.6 is 11.8 Å². The molecule has 21 heavy (non-hydrogen) atoms. The highest BCUT2D eigenvalue weighted by Crippen LogP contribution is 2.46. The molecule has 1 aromatic heterocycles. The first-order chi connectivity index (χ1) is 10.0. The van der Waals surface area contributed by atoms with Crippen molar-refractivity contribution in [2.24, 2.45) is 5.92 Å². The first-order valence-corrected chi connectivity index (χ1v) is 8.21. The number of aryl methyl sites for hydroxylation is 2. The summed E-state index contributed by atoms with van der Waals surface area (Å²) in [6.07, 6.45) is 2.72. The van der Waals surface area contributed by atoms with Crippen molar-refractivity contribution in [1.29, 1.82) is 0 Å². The number of rotatable bonds is 4. The van der Waals surface area contributed by atoms with Crippen molar-refractivity contribution in [2.75, 3.05) is 5.75 Å². The minimum atomic E-state index is -0.939. The molecule has 1 saturated heterocycles. The first-order valence-electron chi connectivity index (χ1n) is 7.16. The Morgan fingerprint density at radius 3 is 2.76 bits per heavy atom. The molecule has 0 bridgehead atoms. The fraction of sp³-hybridized carbons (Fsp3) is 0.643. The number of thioether (sulfide) groups is 1. The average Bonchev–Trinajstić information content (AvgIpc) is 3.08. The smallest absolute Gasteiger partial charge is 0.327 e. The Hall–Kier alpha value is -1.50. The van der Waals surface area contributed by atoms with Gasteiger partial charge in [0.25, 0.3) is 5.91 Å². The van der Waals surface area contributed by atoms with Crippen LogP contribution in [0.15, 0.2) is 4.52 Å². The second-order valence-electron chi connectivity index (χ2n) is 5.54. The van der Waals surface area contributed by atoms with Crippen molar-refractivity contribution in [3.05, 3.63) is 17.0 Å². The lowest BCUT2D eigenvalue weighted by molar-refractivity contribution is -0.141. The van der Waals surface area contributed by atoms with E-state index in [1.54, 1.807) is 23.6 Å². The number of carboxylic acids is 1. The van der Waals surface area contributed by atoms with Gasteiger partial charge < -0.3 is 14.5 Å². The minimum Gasteiger partial charge on any atom is -0.480 e. The van der Waals surface area contributed by atoms with Gasteiger partial charge in [-0.25, -0.2) is 4.79 Å². The van der Waals surface area contributed by atoms with E-state index in [1.165, 1.54) is 0 Å². The maximum absolute atomic E-state index is 12.9. The van der Waals surface area contributed by atoms with Crippen LogP contribution in [0.4, 0.5) is 0 Å². The third kappa shape index (κ3) is 2.43. The summed E-state index contributed by atoms with van der Waals surface area (Å²) in [5.74, 6) is 0.153. The maximum atomic E-state index is 12.9. The van der Waals surface area contributed by atoms with Crippen molar-refractivity contribution in [3.63, 3.8) is 0 Å². The molecule has 2 aliphatic rings. The average molecular weight is 310 g/mol. The van der Waals surface area contributed by atoms with Crippen LogP contribution in [0.5, 0.6) is 0 Å². The summed E-state index contributed by atoms with van der Waals surface area (Å²) in [6, 6.07) is -0.757. The van der Waals surface area contributed by atoms with Gasteiger partial charge in [0.15, 0.2) is 0 Å². The van der Waals surface area contributed by atoms with Gasteiger partial charge in [0.1, 0.15) is 17.4 Å². The normalized spacial score (nSPS) is 25.3. The van der Waals surface area contributed by atoms with Crippen molar-refractivity contribution in [3.8, 4) is 0 Å². The highest BCUT2D eigenvalue weighted by Gasteiger charge is 2.49. The quantitative estimate of drug-likeness (QED) is 0.915. The van der Waals surface area contributed by atoms with Gasteiger partial charge >= 0.3 is 5.97 Å². The maximum Gasteiger partial charge on any atom is 0.327 e. The third-order valence-corrected chi connectivity index (χ3v) is 5.52. The highest BCUT2D eigenvalue weighted by atomic mass is 32.2. The number of carbonyl (C=O) groups excluding carboxylic acids is 1. The second kappa shape index (κ2) is 5.36. The van der Waals surface area contributed by atoms with E-state index in [9.17, 15) is 14.7 Å². The molecular weight excluding hydrogens is 292 g/mol. The molecule has 3 rings (SSSR count). The third-order valence-electron chi connectivity index (χ3n) is 4.06. The molecule has 0 radical (unpaired) electrons. The van der Waals surface area contributed by atoms with Gasteiger partial charge in [-0.1, -0.05) is 12.1 Å². The number of nitrogens with zero attached hydrogens (tertiary/aromatic N) is 2. The van der Waals surface area contributed by atoms with Crippen LogP contribution in [0.3, 0.4) is 0 Å². The van der Waals surface area contributed by atoms with Gasteiger partial charge in [-0.15, -0.1) is 11.8 Å². The van der Waals surface area contributed by atoms with Crippen LogP contribution < -0.4 is 0 Å². The largest absolute Gasteiger partial charge is 0.480 e. The molecule has 2 heterocycles. The molecular formula is C14H18N2O4S. The molecule has 7 heteroatoms. The molecule has 0 aromatic carbocycles. The SMILES string of the molecule is CCc1noc(C)c1C(=O)N1C(C(=O)O)CSC1C1CC1. The lowest BCUT2D eigenvalue weighted by atomic mass is 10.1. The summed E-state index contributed by atoms with van der Waals surface area (Å²) in [5.41, 5.74) is 1.05. The Morgan fingerprint density at radius 1 is 1.48 bits per heavy atom. The number of hydrogen-bond donors (Lipinski definition) is 1.